The van der Waals surface area contributed by atoms with Gasteiger partial charge in [0.1, 0.15) is 23.9 Å². The lowest BCUT2D eigenvalue weighted by Gasteiger charge is -2.64. The van der Waals surface area contributed by atoms with Crippen molar-refractivity contribution in [2.45, 2.75) is 148 Å². The molecule has 1 aliphatic heterocycles. The van der Waals surface area contributed by atoms with Crippen molar-refractivity contribution < 1.29 is 49.7 Å². The Morgan fingerprint density at radius 1 is 0.956 bits per heavy atom. The minimum absolute atomic E-state index is 0.0304. The maximum Gasteiger partial charge on any atom is 0.312 e. The molecule has 0 aromatic heterocycles. The number of aliphatic hydroxyl groups is 5. The van der Waals surface area contributed by atoms with Crippen LogP contribution in [0.1, 0.15) is 106 Å². The van der Waals surface area contributed by atoms with Crippen molar-refractivity contribution in [1.29, 1.82) is 0 Å². The molecule has 45 heavy (non-hydrogen) atoms. The van der Waals surface area contributed by atoms with Crippen LogP contribution in [0.25, 0.3) is 0 Å². The van der Waals surface area contributed by atoms with Gasteiger partial charge in [-0.25, -0.2) is 0 Å². The number of fused-ring (bicyclic) bond motifs is 2. The fraction of sp³-hybridized carbons (Fsp3) is 0.943. The standard InChI is InChI=1S/C35H56O10/c1-18(7-10-23(37)30(2,3)43)19-11-12-32(5)21-8-9-22-33(6,29(41)42)25(45-28-27(40)26(39)20(36)16-44-28)15-24(38)35(22)17-34(21,35)14-13-31(19,32)4/h18-22,24-28,36,38-40,43H,7-17H2,1-6H3,(H,41,42). The fourth-order valence-corrected chi connectivity index (χ4v) is 12.4. The quantitative estimate of drug-likeness (QED) is 0.217. The van der Waals surface area contributed by atoms with E-state index in [0.29, 0.717) is 30.6 Å². The van der Waals surface area contributed by atoms with Crippen LogP contribution in [0.3, 0.4) is 0 Å². The third-order valence-corrected chi connectivity index (χ3v) is 15.2. The Bertz CT molecular complexity index is 1200. The largest absolute Gasteiger partial charge is 0.481 e. The number of aliphatic carboxylic acids is 1. The number of hydrogen-bond acceptors (Lipinski definition) is 9. The molecule has 1 heterocycles. The number of Topliss-reactive ketones (excluding diaryl/α,β-unsaturated/α-hetero) is 1. The van der Waals surface area contributed by atoms with Gasteiger partial charge in [0, 0.05) is 18.3 Å². The molecule has 0 aromatic rings. The predicted octanol–water partition coefficient (Wildman–Crippen LogP) is 3.04. The molecule has 1 saturated heterocycles. The van der Waals surface area contributed by atoms with Gasteiger partial charge in [0.25, 0.3) is 0 Å². The van der Waals surface area contributed by atoms with Crippen LogP contribution < -0.4 is 0 Å². The monoisotopic (exact) mass is 636 g/mol. The van der Waals surface area contributed by atoms with Crippen molar-refractivity contribution >= 4 is 11.8 Å². The number of aliphatic hydroxyl groups excluding tert-OH is 4. The zero-order valence-corrected chi connectivity index (χ0v) is 27.9. The van der Waals surface area contributed by atoms with Gasteiger partial charge in [-0.15, -0.1) is 0 Å². The number of hydrogen-bond donors (Lipinski definition) is 6. The average molecular weight is 637 g/mol. The van der Waals surface area contributed by atoms with E-state index in [1.165, 1.54) is 0 Å². The number of rotatable bonds is 8. The first kappa shape index (κ1) is 33.7. The van der Waals surface area contributed by atoms with Gasteiger partial charge in [0.05, 0.1) is 24.2 Å². The van der Waals surface area contributed by atoms with Gasteiger partial charge in [0.15, 0.2) is 12.1 Å². The Balaban J connectivity index is 1.25. The zero-order valence-electron chi connectivity index (χ0n) is 27.9. The fourth-order valence-electron chi connectivity index (χ4n) is 12.4. The average Bonchev–Trinajstić information content (AvgIpc) is 3.58. The third-order valence-electron chi connectivity index (χ3n) is 15.2. The lowest BCUT2D eigenvalue weighted by molar-refractivity contribution is -0.309. The SMILES string of the molecule is CC(CCC(=O)C(C)(C)O)C1CCC2(C)C3CCC4C(C)(C(=O)O)C(OC5OCC(O)C(O)C5O)CC(O)C45CC35CCC12C. The van der Waals surface area contributed by atoms with E-state index in [-0.39, 0.29) is 41.0 Å². The summed E-state index contributed by atoms with van der Waals surface area (Å²) < 4.78 is 11.6. The first-order valence-electron chi connectivity index (χ1n) is 17.3. The highest BCUT2D eigenvalue weighted by Crippen LogP contribution is 2.89. The minimum atomic E-state index is -1.54. The minimum Gasteiger partial charge on any atom is -0.481 e. The molecule has 5 saturated carbocycles. The maximum atomic E-state index is 13.2. The summed E-state index contributed by atoms with van der Waals surface area (Å²) in [5.41, 5.74) is -3.20. The molecule has 10 nitrogen and oxygen atoms in total. The number of carboxylic acids is 1. The van der Waals surface area contributed by atoms with Gasteiger partial charge in [-0.05, 0) is 112 Å². The van der Waals surface area contributed by atoms with Crippen LogP contribution >= 0.6 is 0 Å². The molecule has 6 rings (SSSR count). The number of ether oxygens (including phenoxy) is 2. The Hall–Kier alpha value is -1.14. The number of carbonyl (C=O) groups is 2. The Morgan fingerprint density at radius 2 is 1.62 bits per heavy atom. The van der Waals surface area contributed by atoms with Crippen LogP contribution in [-0.2, 0) is 19.1 Å². The van der Waals surface area contributed by atoms with Crippen LogP contribution in [0.15, 0.2) is 0 Å². The first-order chi connectivity index (χ1) is 20.8. The summed E-state index contributed by atoms with van der Waals surface area (Å²) in [6.45, 7) is 11.7. The van der Waals surface area contributed by atoms with Crippen molar-refractivity contribution in [2.24, 2.45) is 50.7 Å². The lowest BCUT2D eigenvalue weighted by Crippen LogP contribution is -2.65. The highest BCUT2D eigenvalue weighted by Gasteiger charge is 2.86. The highest BCUT2D eigenvalue weighted by atomic mass is 16.7. The molecule has 6 aliphatic rings. The first-order valence-corrected chi connectivity index (χ1v) is 17.3. The molecule has 10 heteroatoms. The highest BCUT2D eigenvalue weighted by molar-refractivity contribution is 5.86. The van der Waals surface area contributed by atoms with Crippen molar-refractivity contribution in [2.75, 3.05) is 6.61 Å². The molecule has 2 spiro atoms. The molecular weight excluding hydrogens is 580 g/mol. The van der Waals surface area contributed by atoms with Crippen LogP contribution in [0.2, 0.25) is 0 Å². The van der Waals surface area contributed by atoms with Gasteiger partial charge in [-0.2, -0.15) is 0 Å². The summed E-state index contributed by atoms with van der Waals surface area (Å²) in [4.78, 5) is 25.7. The summed E-state index contributed by atoms with van der Waals surface area (Å²) >= 11 is 0. The topological polar surface area (TPSA) is 174 Å². The molecule has 256 valence electrons. The van der Waals surface area contributed by atoms with Crippen molar-refractivity contribution in [3.05, 3.63) is 0 Å². The summed E-state index contributed by atoms with van der Waals surface area (Å²) in [7, 11) is 0. The van der Waals surface area contributed by atoms with Gasteiger partial charge < -0.3 is 40.1 Å². The maximum absolute atomic E-state index is 13.2. The van der Waals surface area contributed by atoms with E-state index in [1.54, 1.807) is 20.8 Å². The predicted molar refractivity (Wildman–Crippen MR) is 163 cm³/mol. The van der Waals surface area contributed by atoms with Crippen molar-refractivity contribution in [3.8, 4) is 0 Å². The van der Waals surface area contributed by atoms with E-state index in [0.717, 1.165) is 44.9 Å². The van der Waals surface area contributed by atoms with E-state index in [4.69, 9.17) is 9.47 Å². The van der Waals surface area contributed by atoms with E-state index in [9.17, 15) is 40.2 Å². The van der Waals surface area contributed by atoms with E-state index >= 15 is 0 Å². The van der Waals surface area contributed by atoms with E-state index < -0.39 is 59.2 Å². The second-order valence-corrected chi connectivity index (χ2v) is 17.2. The Morgan fingerprint density at radius 3 is 2.27 bits per heavy atom. The Kier molecular flexibility index (Phi) is 8.01. The number of carboxylic acid groups (broad SMARTS) is 1. The van der Waals surface area contributed by atoms with Crippen LogP contribution in [-0.4, -0.2) is 91.4 Å². The van der Waals surface area contributed by atoms with Crippen LogP contribution in [0.4, 0.5) is 0 Å². The van der Waals surface area contributed by atoms with E-state index in [2.05, 4.69) is 20.8 Å². The number of carbonyl (C=O) groups excluding carboxylic acids is 1. The molecule has 0 amide bonds. The van der Waals surface area contributed by atoms with Gasteiger partial charge >= 0.3 is 5.97 Å². The summed E-state index contributed by atoms with van der Waals surface area (Å²) in [5, 5.41) is 63.6. The second kappa shape index (κ2) is 10.7. The van der Waals surface area contributed by atoms with E-state index in [1.807, 2.05) is 0 Å². The molecular formula is C35H56O10. The molecule has 5 aliphatic carbocycles. The summed E-state index contributed by atoms with van der Waals surface area (Å²) in [6.07, 6.45) is 0.406. The summed E-state index contributed by atoms with van der Waals surface area (Å²) in [6, 6.07) is 0. The normalized spacial score (nSPS) is 53.0. The second-order valence-electron chi connectivity index (χ2n) is 17.2. The summed E-state index contributed by atoms with van der Waals surface area (Å²) in [5.74, 6) is -0.267. The number of ketones is 1. The molecule has 0 radical (unpaired) electrons. The smallest absolute Gasteiger partial charge is 0.312 e. The molecule has 15 unspecified atom stereocenters. The molecule has 15 atom stereocenters. The van der Waals surface area contributed by atoms with Crippen molar-refractivity contribution in [1.82, 2.24) is 0 Å². The molecule has 6 N–H and O–H groups in total. The lowest BCUT2D eigenvalue weighted by atomic mass is 9.41. The van der Waals surface area contributed by atoms with Crippen LogP contribution in [0, 0.1) is 50.7 Å². The van der Waals surface area contributed by atoms with Gasteiger partial charge in [-0.1, -0.05) is 20.8 Å². The van der Waals surface area contributed by atoms with Crippen molar-refractivity contribution in [3.63, 3.8) is 0 Å². The molecule has 0 aromatic carbocycles. The zero-order chi connectivity index (χ0) is 33.1. The molecule has 0 bridgehead atoms. The third kappa shape index (κ3) is 4.45. The molecule has 6 fully saturated rings. The van der Waals surface area contributed by atoms with Crippen LogP contribution in [0.5, 0.6) is 0 Å². The Labute approximate surface area is 266 Å². The van der Waals surface area contributed by atoms with Gasteiger partial charge in [-0.3, -0.25) is 9.59 Å². The van der Waals surface area contributed by atoms with Gasteiger partial charge in [0.2, 0.25) is 0 Å².